The first kappa shape index (κ1) is 13.6. The van der Waals surface area contributed by atoms with E-state index >= 15 is 0 Å². The maximum Gasteiger partial charge on any atom is 0.335 e. The third-order valence-electron chi connectivity index (χ3n) is 2.27. The van der Waals surface area contributed by atoms with Gasteiger partial charge in [-0.25, -0.2) is 4.79 Å². The molecule has 0 aliphatic carbocycles. The quantitative estimate of drug-likeness (QED) is 0.577. The zero-order valence-electron chi connectivity index (χ0n) is 9.90. The molecule has 17 heavy (non-hydrogen) atoms. The van der Waals surface area contributed by atoms with Crippen LogP contribution in [0.1, 0.15) is 15.9 Å². The molecule has 0 spiro atoms. The summed E-state index contributed by atoms with van der Waals surface area (Å²) in [6.45, 7) is 6.33. The number of benzene rings is 1. The number of hydrogen-bond acceptors (Lipinski definition) is 3. The lowest BCUT2D eigenvalue weighted by Gasteiger charge is -2.08. The van der Waals surface area contributed by atoms with Gasteiger partial charge >= 0.3 is 5.97 Å². The SMILES string of the molecule is C=CCSCCNc1ccc(C(=O)O)c(C)c1. The molecule has 1 rings (SSSR count). The molecular formula is C13H17NO2S. The molecule has 3 nitrogen and oxygen atoms in total. The summed E-state index contributed by atoms with van der Waals surface area (Å²) in [5.41, 5.74) is 2.10. The topological polar surface area (TPSA) is 49.3 Å². The Morgan fingerprint density at radius 3 is 2.94 bits per heavy atom. The Hall–Kier alpha value is -1.42. The predicted octanol–water partition coefficient (Wildman–Crippen LogP) is 3.02. The molecule has 0 fully saturated rings. The third-order valence-corrected chi connectivity index (χ3v) is 3.23. The molecule has 0 amide bonds. The van der Waals surface area contributed by atoms with Crippen LogP contribution < -0.4 is 5.32 Å². The fraction of sp³-hybridized carbons (Fsp3) is 0.308. The van der Waals surface area contributed by atoms with Gasteiger partial charge in [-0.1, -0.05) is 6.08 Å². The summed E-state index contributed by atoms with van der Waals surface area (Å²) in [4.78, 5) is 10.8. The van der Waals surface area contributed by atoms with E-state index in [-0.39, 0.29) is 0 Å². The number of thioether (sulfide) groups is 1. The predicted molar refractivity (Wildman–Crippen MR) is 74.2 cm³/mol. The van der Waals surface area contributed by atoms with Crippen LogP contribution in [-0.2, 0) is 0 Å². The minimum atomic E-state index is -0.879. The number of carbonyl (C=O) groups is 1. The molecule has 92 valence electrons. The first-order valence-electron chi connectivity index (χ1n) is 5.41. The van der Waals surface area contributed by atoms with Crippen molar-refractivity contribution < 1.29 is 9.90 Å². The number of aromatic carboxylic acids is 1. The maximum atomic E-state index is 10.8. The fourth-order valence-corrected chi connectivity index (χ4v) is 2.03. The monoisotopic (exact) mass is 251 g/mol. The minimum absolute atomic E-state index is 0.358. The van der Waals surface area contributed by atoms with Gasteiger partial charge in [-0.2, -0.15) is 11.8 Å². The van der Waals surface area contributed by atoms with Crippen LogP contribution in [-0.4, -0.2) is 29.1 Å². The molecule has 0 atom stereocenters. The normalized spacial score (nSPS) is 9.94. The van der Waals surface area contributed by atoms with Crippen molar-refractivity contribution >= 4 is 23.4 Å². The highest BCUT2D eigenvalue weighted by Crippen LogP contribution is 2.15. The molecule has 4 heteroatoms. The zero-order valence-corrected chi connectivity index (χ0v) is 10.7. The van der Waals surface area contributed by atoms with Crippen molar-refractivity contribution in [3.8, 4) is 0 Å². The molecule has 0 aliphatic rings. The van der Waals surface area contributed by atoms with E-state index in [1.807, 2.05) is 23.9 Å². The van der Waals surface area contributed by atoms with Crippen LogP contribution in [0, 0.1) is 6.92 Å². The van der Waals surface area contributed by atoms with E-state index in [1.54, 1.807) is 19.1 Å². The minimum Gasteiger partial charge on any atom is -0.478 e. The molecule has 0 saturated carbocycles. The van der Waals surface area contributed by atoms with Gasteiger partial charge in [0.1, 0.15) is 0 Å². The third kappa shape index (κ3) is 4.53. The Bertz CT molecular complexity index is 404. The number of anilines is 1. The van der Waals surface area contributed by atoms with Crippen molar-refractivity contribution in [2.75, 3.05) is 23.4 Å². The van der Waals surface area contributed by atoms with E-state index in [4.69, 9.17) is 5.11 Å². The Balaban J connectivity index is 2.47. The van der Waals surface area contributed by atoms with Crippen LogP contribution in [0.15, 0.2) is 30.9 Å². The number of nitrogens with one attached hydrogen (secondary N) is 1. The lowest BCUT2D eigenvalue weighted by Crippen LogP contribution is -2.06. The first-order valence-corrected chi connectivity index (χ1v) is 6.57. The Morgan fingerprint density at radius 1 is 1.59 bits per heavy atom. The largest absolute Gasteiger partial charge is 0.478 e. The lowest BCUT2D eigenvalue weighted by molar-refractivity contribution is 0.0696. The van der Waals surface area contributed by atoms with E-state index in [0.717, 1.165) is 29.3 Å². The standard InChI is InChI=1S/C13H17NO2S/c1-3-7-17-8-6-14-11-4-5-12(13(15)16)10(2)9-11/h3-5,9,14H,1,6-8H2,2H3,(H,15,16). The Labute approximate surface area is 106 Å². The summed E-state index contributed by atoms with van der Waals surface area (Å²) in [5.74, 6) is 1.08. The molecule has 0 bridgehead atoms. The van der Waals surface area contributed by atoms with Gasteiger partial charge in [0.15, 0.2) is 0 Å². The molecule has 0 unspecified atom stereocenters. The van der Waals surface area contributed by atoms with Crippen molar-refractivity contribution in [3.63, 3.8) is 0 Å². The summed E-state index contributed by atoms with van der Waals surface area (Å²) in [6, 6.07) is 5.30. The van der Waals surface area contributed by atoms with Crippen LogP contribution in [0.25, 0.3) is 0 Å². The number of rotatable bonds is 7. The van der Waals surface area contributed by atoms with Gasteiger partial charge in [0, 0.05) is 23.7 Å². The van der Waals surface area contributed by atoms with E-state index in [0.29, 0.717) is 5.56 Å². The molecular weight excluding hydrogens is 234 g/mol. The highest BCUT2D eigenvalue weighted by molar-refractivity contribution is 7.99. The summed E-state index contributed by atoms with van der Waals surface area (Å²) in [5, 5.41) is 12.2. The van der Waals surface area contributed by atoms with Crippen molar-refractivity contribution in [2.45, 2.75) is 6.92 Å². The van der Waals surface area contributed by atoms with E-state index in [1.165, 1.54) is 0 Å². The molecule has 0 heterocycles. The molecule has 1 aromatic carbocycles. The van der Waals surface area contributed by atoms with E-state index in [9.17, 15) is 4.79 Å². The van der Waals surface area contributed by atoms with Crippen molar-refractivity contribution in [2.24, 2.45) is 0 Å². The molecule has 0 saturated heterocycles. The lowest BCUT2D eigenvalue weighted by atomic mass is 10.1. The molecule has 0 aliphatic heterocycles. The van der Waals surface area contributed by atoms with Gasteiger partial charge in [0.25, 0.3) is 0 Å². The molecule has 0 radical (unpaired) electrons. The van der Waals surface area contributed by atoms with Gasteiger partial charge in [-0.05, 0) is 30.7 Å². The first-order chi connectivity index (χ1) is 8.15. The number of carboxylic acids is 1. The molecule has 2 N–H and O–H groups in total. The number of aryl methyl sites for hydroxylation is 1. The van der Waals surface area contributed by atoms with Gasteiger partial charge < -0.3 is 10.4 Å². The highest BCUT2D eigenvalue weighted by Gasteiger charge is 2.06. The second kappa shape index (κ2) is 7.01. The highest BCUT2D eigenvalue weighted by atomic mass is 32.2. The summed E-state index contributed by atoms with van der Waals surface area (Å²) >= 11 is 1.81. The maximum absolute atomic E-state index is 10.8. The van der Waals surface area contributed by atoms with Crippen molar-refractivity contribution in [1.82, 2.24) is 0 Å². The van der Waals surface area contributed by atoms with Gasteiger partial charge in [-0.3, -0.25) is 0 Å². The molecule has 1 aromatic rings. The van der Waals surface area contributed by atoms with E-state index in [2.05, 4.69) is 11.9 Å². The average Bonchev–Trinajstić information content (AvgIpc) is 2.28. The molecule has 0 aromatic heterocycles. The van der Waals surface area contributed by atoms with E-state index < -0.39 is 5.97 Å². The van der Waals surface area contributed by atoms with Gasteiger partial charge in [0.05, 0.1) is 5.56 Å². The van der Waals surface area contributed by atoms with Crippen LogP contribution in [0.2, 0.25) is 0 Å². The Morgan fingerprint density at radius 2 is 2.35 bits per heavy atom. The van der Waals surface area contributed by atoms with Crippen LogP contribution >= 0.6 is 11.8 Å². The van der Waals surface area contributed by atoms with Crippen molar-refractivity contribution in [1.29, 1.82) is 0 Å². The van der Waals surface area contributed by atoms with Gasteiger partial charge in [-0.15, -0.1) is 6.58 Å². The number of hydrogen-bond donors (Lipinski definition) is 2. The van der Waals surface area contributed by atoms with Gasteiger partial charge in [0.2, 0.25) is 0 Å². The second-order valence-electron chi connectivity index (χ2n) is 3.63. The summed E-state index contributed by atoms with van der Waals surface area (Å²) < 4.78 is 0. The Kier molecular flexibility index (Phi) is 5.63. The van der Waals surface area contributed by atoms with Crippen LogP contribution in [0.5, 0.6) is 0 Å². The van der Waals surface area contributed by atoms with Crippen LogP contribution in [0.3, 0.4) is 0 Å². The zero-order chi connectivity index (χ0) is 12.7. The summed E-state index contributed by atoms with van der Waals surface area (Å²) in [6.07, 6.45) is 1.89. The summed E-state index contributed by atoms with van der Waals surface area (Å²) in [7, 11) is 0. The van der Waals surface area contributed by atoms with Crippen LogP contribution in [0.4, 0.5) is 5.69 Å². The second-order valence-corrected chi connectivity index (χ2v) is 4.78. The number of carboxylic acid groups (broad SMARTS) is 1. The smallest absolute Gasteiger partial charge is 0.335 e. The fourth-order valence-electron chi connectivity index (χ4n) is 1.45. The average molecular weight is 251 g/mol. The van der Waals surface area contributed by atoms with Crippen molar-refractivity contribution in [3.05, 3.63) is 42.0 Å².